The number of ether oxygens (including phenoxy) is 1. The highest BCUT2D eigenvalue weighted by Gasteiger charge is 2.44. The zero-order valence-corrected chi connectivity index (χ0v) is 20.9. The second-order valence-electron chi connectivity index (χ2n) is 9.20. The van der Waals surface area contributed by atoms with Gasteiger partial charge in [-0.15, -0.1) is 0 Å². The molecule has 0 unspecified atom stereocenters. The lowest BCUT2D eigenvalue weighted by Gasteiger charge is -2.35. The standard InChI is InChI=1S/C22H35F3N4O6/c1-7-35-19(22(23,24)25)27-21(4,5)20(34)28(6)16(13(2)3)17(32)26-14(12-15(30)31)18(33)29-10-8-9-11-29/h13-14,16H,7-12H2,1-6H3,(H,26,32)(H,30,31)/t14-,16-/m0/s1. The Morgan fingerprint density at radius 2 is 1.69 bits per heavy atom. The van der Waals surface area contributed by atoms with E-state index in [0.717, 1.165) is 31.6 Å². The van der Waals surface area contributed by atoms with Crippen LogP contribution >= 0.6 is 0 Å². The molecule has 0 spiro atoms. The van der Waals surface area contributed by atoms with Crippen molar-refractivity contribution >= 4 is 29.6 Å². The summed E-state index contributed by atoms with van der Waals surface area (Å²) in [5, 5.41) is 11.7. The summed E-state index contributed by atoms with van der Waals surface area (Å²) in [6, 6.07) is -2.55. The highest BCUT2D eigenvalue weighted by molar-refractivity contribution is 5.96. The molecule has 0 aromatic rings. The van der Waals surface area contributed by atoms with E-state index in [4.69, 9.17) is 0 Å². The summed E-state index contributed by atoms with van der Waals surface area (Å²) >= 11 is 0. The minimum Gasteiger partial charge on any atom is -0.481 e. The minimum atomic E-state index is -4.92. The van der Waals surface area contributed by atoms with Crippen molar-refractivity contribution in [1.82, 2.24) is 15.1 Å². The molecule has 1 saturated heterocycles. The molecule has 1 fully saturated rings. The fourth-order valence-electron chi connectivity index (χ4n) is 3.89. The van der Waals surface area contributed by atoms with Crippen molar-refractivity contribution in [3.63, 3.8) is 0 Å². The van der Waals surface area contributed by atoms with Crippen molar-refractivity contribution in [2.24, 2.45) is 10.9 Å². The SMILES string of the molecule is CCOC(=NC(C)(C)C(=O)N(C)[C@H](C(=O)N[C@@H](CC(=O)O)C(=O)N1CCCC1)C(C)C)C(F)(F)F. The Morgan fingerprint density at radius 3 is 2.11 bits per heavy atom. The highest BCUT2D eigenvalue weighted by Crippen LogP contribution is 2.24. The number of nitrogens with one attached hydrogen (secondary N) is 1. The number of nitrogens with zero attached hydrogens (tertiary/aromatic N) is 3. The number of aliphatic carboxylic acids is 1. The number of likely N-dealkylation sites (N-methyl/N-ethyl adjacent to an activating group) is 1. The quantitative estimate of drug-likeness (QED) is 0.342. The van der Waals surface area contributed by atoms with Gasteiger partial charge in [0.1, 0.15) is 17.6 Å². The first-order chi connectivity index (χ1) is 16.0. The lowest BCUT2D eigenvalue weighted by atomic mass is 9.97. The first-order valence-electron chi connectivity index (χ1n) is 11.4. The Kier molecular flexibility index (Phi) is 10.5. The molecule has 1 aliphatic rings. The monoisotopic (exact) mass is 508 g/mol. The molecule has 1 rings (SSSR count). The summed E-state index contributed by atoms with van der Waals surface area (Å²) in [6.07, 6.45) is -4.03. The Morgan fingerprint density at radius 1 is 1.14 bits per heavy atom. The van der Waals surface area contributed by atoms with Gasteiger partial charge in [0.15, 0.2) is 0 Å². The molecule has 0 aliphatic carbocycles. The number of halogens is 3. The summed E-state index contributed by atoms with van der Waals surface area (Å²) in [7, 11) is 1.24. The molecule has 35 heavy (non-hydrogen) atoms. The van der Waals surface area contributed by atoms with E-state index in [1.54, 1.807) is 13.8 Å². The zero-order valence-electron chi connectivity index (χ0n) is 20.9. The summed E-state index contributed by atoms with van der Waals surface area (Å²) in [6.45, 7) is 7.48. The van der Waals surface area contributed by atoms with Crippen molar-refractivity contribution in [2.75, 3.05) is 26.7 Å². The third-order valence-corrected chi connectivity index (χ3v) is 5.48. The lowest BCUT2D eigenvalue weighted by Crippen LogP contribution is -2.58. The van der Waals surface area contributed by atoms with Gasteiger partial charge in [-0.25, -0.2) is 4.99 Å². The number of carboxylic acids is 1. The number of carboxylic acid groups (broad SMARTS) is 1. The van der Waals surface area contributed by atoms with Gasteiger partial charge in [-0.3, -0.25) is 19.2 Å². The Bertz CT molecular complexity index is 822. The van der Waals surface area contributed by atoms with Gasteiger partial charge in [-0.2, -0.15) is 13.2 Å². The molecule has 2 N–H and O–H groups in total. The van der Waals surface area contributed by atoms with Crippen molar-refractivity contribution in [1.29, 1.82) is 0 Å². The molecule has 10 nitrogen and oxygen atoms in total. The summed E-state index contributed by atoms with van der Waals surface area (Å²) in [4.78, 5) is 56.3. The minimum absolute atomic E-state index is 0.314. The van der Waals surface area contributed by atoms with Crippen LogP contribution in [-0.2, 0) is 23.9 Å². The maximum atomic E-state index is 13.2. The maximum absolute atomic E-state index is 13.2. The molecular formula is C22H35F3N4O6. The van der Waals surface area contributed by atoms with E-state index in [2.05, 4.69) is 15.0 Å². The predicted molar refractivity (Wildman–Crippen MR) is 121 cm³/mol. The van der Waals surface area contributed by atoms with Crippen molar-refractivity contribution in [2.45, 2.75) is 77.7 Å². The molecule has 0 radical (unpaired) electrons. The second-order valence-corrected chi connectivity index (χ2v) is 9.20. The number of likely N-dealkylation sites (tertiary alicyclic amines) is 1. The molecule has 200 valence electrons. The normalized spacial score (nSPS) is 16.6. The number of rotatable bonds is 10. The van der Waals surface area contributed by atoms with Crippen LogP contribution in [0.5, 0.6) is 0 Å². The second kappa shape index (κ2) is 12.2. The van der Waals surface area contributed by atoms with E-state index in [-0.39, 0.29) is 6.61 Å². The van der Waals surface area contributed by atoms with E-state index in [1.807, 2.05) is 0 Å². The predicted octanol–water partition coefficient (Wildman–Crippen LogP) is 1.83. The number of carbonyl (C=O) groups excluding carboxylic acids is 3. The van der Waals surface area contributed by atoms with Crippen LogP contribution in [0.25, 0.3) is 0 Å². The number of alkyl halides is 3. The maximum Gasteiger partial charge on any atom is 0.468 e. The van der Waals surface area contributed by atoms with Crippen LogP contribution in [0.2, 0.25) is 0 Å². The molecule has 3 amide bonds. The van der Waals surface area contributed by atoms with Crippen LogP contribution in [0.1, 0.15) is 53.9 Å². The van der Waals surface area contributed by atoms with E-state index in [9.17, 15) is 37.5 Å². The largest absolute Gasteiger partial charge is 0.481 e. The molecule has 0 saturated carbocycles. The molecule has 1 aliphatic heterocycles. The van der Waals surface area contributed by atoms with E-state index >= 15 is 0 Å². The smallest absolute Gasteiger partial charge is 0.468 e. The Labute approximate surface area is 202 Å². The number of hydrogen-bond acceptors (Lipinski definition) is 6. The zero-order chi connectivity index (χ0) is 27.1. The van der Waals surface area contributed by atoms with Gasteiger partial charge in [0, 0.05) is 20.1 Å². The van der Waals surface area contributed by atoms with Crippen LogP contribution in [0, 0.1) is 5.92 Å². The van der Waals surface area contributed by atoms with Gasteiger partial charge in [0.25, 0.3) is 5.90 Å². The van der Waals surface area contributed by atoms with Crippen molar-refractivity contribution < 1.29 is 42.2 Å². The number of aliphatic imine (C=N–C) groups is 1. The van der Waals surface area contributed by atoms with E-state index in [1.165, 1.54) is 18.9 Å². The third kappa shape index (κ3) is 8.39. The molecule has 0 bridgehead atoms. The van der Waals surface area contributed by atoms with E-state index < -0.39 is 65.7 Å². The summed E-state index contributed by atoms with van der Waals surface area (Å²) in [5.74, 6) is -5.60. The lowest BCUT2D eigenvalue weighted by molar-refractivity contribution is -0.147. The molecule has 2 atom stereocenters. The highest BCUT2D eigenvalue weighted by atomic mass is 19.4. The summed E-state index contributed by atoms with van der Waals surface area (Å²) in [5.41, 5.74) is -1.94. The molecule has 13 heteroatoms. The fourth-order valence-corrected chi connectivity index (χ4v) is 3.89. The summed E-state index contributed by atoms with van der Waals surface area (Å²) < 4.78 is 44.3. The van der Waals surface area contributed by atoms with Crippen molar-refractivity contribution in [3.05, 3.63) is 0 Å². The first kappa shape index (κ1) is 30.2. The number of amides is 3. The van der Waals surface area contributed by atoms with E-state index in [0.29, 0.717) is 13.1 Å². The van der Waals surface area contributed by atoms with Gasteiger partial charge < -0.3 is 25.0 Å². The first-order valence-corrected chi connectivity index (χ1v) is 11.4. The van der Waals surface area contributed by atoms with Crippen LogP contribution in [0.15, 0.2) is 4.99 Å². The fraction of sp³-hybridized carbons (Fsp3) is 0.773. The number of carbonyl (C=O) groups is 4. The molecule has 0 aromatic heterocycles. The topological polar surface area (TPSA) is 129 Å². The molecular weight excluding hydrogens is 473 g/mol. The van der Waals surface area contributed by atoms with Crippen molar-refractivity contribution in [3.8, 4) is 0 Å². The Hall–Kier alpha value is -2.86. The van der Waals surface area contributed by atoms with Gasteiger partial charge >= 0.3 is 12.1 Å². The average molecular weight is 509 g/mol. The Balaban J connectivity index is 3.18. The molecule has 0 aromatic carbocycles. The van der Waals surface area contributed by atoms with Gasteiger partial charge in [0.2, 0.25) is 17.7 Å². The van der Waals surface area contributed by atoms with Crippen LogP contribution in [0.4, 0.5) is 13.2 Å². The molecule has 1 heterocycles. The van der Waals surface area contributed by atoms with Crippen LogP contribution < -0.4 is 5.32 Å². The van der Waals surface area contributed by atoms with Crippen LogP contribution in [-0.4, -0.2) is 95.0 Å². The van der Waals surface area contributed by atoms with Crippen LogP contribution in [0.3, 0.4) is 0 Å². The van der Waals surface area contributed by atoms with Gasteiger partial charge in [-0.1, -0.05) is 13.8 Å². The van der Waals surface area contributed by atoms with Gasteiger partial charge in [-0.05, 0) is 39.5 Å². The van der Waals surface area contributed by atoms with Gasteiger partial charge in [0.05, 0.1) is 13.0 Å². The average Bonchev–Trinajstić information content (AvgIpc) is 3.25. The third-order valence-electron chi connectivity index (χ3n) is 5.48. The number of hydrogen-bond donors (Lipinski definition) is 2.